The standard InChI is InChI=1S/C13H17/c1-2-4-6-8-10-12-13-11-9-7-5-3-1/h1-4,7,9-10,12-13H,5-6,8,11H2. The van der Waals surface area contributed by atoms with Gasteiger partial charge in [-0.25, -0.2) is 0 Å². The van der Waals surface area contributed by atoms with Gasteiger partial charge in [0, 0.05) is 0 Å². The SMILES string of the molecule is [CH]1C=CCCC=CC=CCC=CC1. The second kappa shape index (κ2) is 7.60. The molecule has 0 N–H and O–H groups in total. The quantitative estimate of drug-likeness (QED) is 0.486. The van der Waals surface area contributed by atoms with Gasteiger partial charge in [-0.3, -0.25) is 0 Å². The Hall–Kier alpha value is -1.04. The van der Waals surface area contributed by atoms with E-state index in [4.69, 9.17) is 0 Å². The molecule has 1 aliphatic carbocycles. The second-order valence-corrected chi connectivity index (χ2v) is 3.04. The molecule has 0 nitrogen and oxygen atoms in total. The molecule has 69 valence electrons. The normalized spacial score (nSPS) is 19.1. The predicted octanol–water partition coefficient (Wildman–Crippen LogP) is 3.99. The zero-order valence-corrected chi connectivity index (χ0v) is 8.02. The second-order valence-electron chi connectivity index (χ2n) is 3.04. The van der Waals surface area contributed by atoms with Crippen LogP contribution in [0.25, 0.3) is 0 Å². The summed E-state index contributed by atoms with van der Waals surface area (Å²) in [6.45, 7) is 0. The van der Waals surface area contributed by atoms with Crippen LogP contribution in [0.4, 0.5) is 0 Å². The van der Waals surface area contributed by atoms with Crippen molar-refractivity contribution in [3.05, 3.63) is 55.0 Å². The van der Waals surface area contributed by atoms with Gasteiger partial charge in [0.1, 0.15) is 0 Å². The lowest BCUT2D eigenvalue weighted by atomic mass is 10.2. The average molecular weight is 173 g/mol. The largest absolute Gasteiger partial charge is 0.0879 e. The summed E-state index contributed by atoms with van der Waals surface area (Å²) in [7, 11) is 0. The van der Waals surface area contributed by atoms with Crippen LogP contribution in [0.2, 0.25) is 0 Å². The van der Waals surface area contributed by atoms with E-state index in [9.17, 15) is 0 Å². The van der Waals surface area contributed by atoms with Gasteiger partial charge in [0.05, 0.1) is 0 Å². The maximum Gasteiger partial charge on any atom is -0.0133 e. The van der Waals surface area contributed by atoms with Crippen LogP contribution >= 0.6 is 0 Å². The van der Waals surface area contributed by atoms with Crippen LogP contribution in [0.1, 0.15) is 25.7 Å². The fourth-order valence-electron chi connectivity index (χ4n) is 1.14. The fourth-order valence-corrected chi connectivity index (χ4v) is 1.14. The van der Waals surface area contributed by atoms with Gasteiger partial charge in [0.25, 0.3) is 0 Å². The highest BCUT2D eigenvalue weighted by Crippen LogP contribution is 1.99. The van der Waals surface area contributed by atoms with Crippen molar-refractivity contribution in [3.63, 3.8) is 0 Å². The van der Waals surface area contributed by atoms with Crippen molar-refractivity contribution in [2.75, 3.05) is 0 Å². The maximum atomic E-state index is 2.22. The minimum Gasteiger partial charge on any atom is -0.0879 e. The molecule has 1 rings (SSSR count). The molecule has 0 bridgehead atoms. The third-order valence-corrected chi connectivity index (χ3v) is 1.87. The van der Waals surface area contributed by atoms with Crippen LogP contribution in [-0.2, 0) is 0 Å². The zero-order valence-electron chi connectivity index (χ0n) is 8.02. The Balaban J connectivity index is 2.38. The van der Waals surface area contributed by atoms with Crippen LogP contribution < -0.4 is 0 Å². The first-order valence-corrected chi connectivity index (χ1v) is 4.95. The van der Waals surface area contributed by atoms with Gasteiger partial charge in [-0.15, -0.1) is 0 Å². The first-order valence-electron chi connectivity index (χ1n) is 4.95. The Morgan fingerprint density at radius 2 is 1.23 bits per heavy atom. The predicted molar refractivity (Wildman–Crippen MR) is 59.3 cm³/mol. The highest BCUT2D eigenvalue weighted by molar-refractivity contribution is 5.07. The Morgan fingerprint density at radius 1 is 0.538 bits per heavy atom. The van der Waals surface area contributed by atoms with Crippen molar-refractivity contribution in [1.29, 1.82) is 0 Å². The summed E-state index contributed by atoms with van der Waals surface area (Å²) in [5.74, 6) is 0. The van der Waals surface area contributed by atoms with E-state index in [1.807, 2.05) is 0 Å². The molecule has 0 spiro atoms. The number of hydrogen-bond donors (Lipinski definition) is 0. The molecule has 0 fully saturated rings. The van der Waals surface area contributed by atoms with E-state index >= 15 is 0 Å². The molecule has 1 aliphatic rings. The molecule has 1 radical (unpaired) electrons. The average Bonchev–Trinajstić information content (AvgIpc) is 2.18. The number of allylic oxidation sites excluding steroid dienone is 8. The third kappa shape index (κ3) is 6.15. The van der Waals surface area contributed by atoms with Crippen LogP contribution in [-0.4, -0.2) is 0 Å². The minimum absolute atomic E-state index is 1.04. The summed E-state index contributed by atoms with van der Waals surface area (Å²) in [6, 6.07) is 0. The van der Waals surface area contributed by atoms with E-state index in [0.717, 1.165) is 25.7 Å². The molecule has 0 aliphatic heterocycles. The Labute approximate surface area is 81.4 Å². The lowest BCUT2D eigenvalue weighted by Gasteiger charge is -1.86. The van der Waals surface area contributed by atoms with Crippen molar-refractivity contribution < 1.29 is 0 Å². The molecule has 0 aromatic carbocycles. The molecule has 0 amide bonds. The molecule has 0 heteroatoms. The van der Waals surface area contributed by atoms with Crippen molar-refractivity contribution in [2.24, 2.45) is 0 Å². The van der Waals surface area contributed by atoms with Gasteiger partial charge in [0.2, 0.25) is 0 Å². The fraction of sp³-hybridized carbons (Fsp3) is 0.308. The lowest BCUT2D eigenvalue weighted by Crippen LogP contribution is -1.67. The van der Waals surface area contributed by atoms with E-state index in [2.05, 4.69) is 55.0 Å². The van der Waals surface area contributed by atoms with E-state index in [1.54, 1.807) is 0 Å². The van der Waals surface area contributed by atoms with Crippen molar-refractivity contribution in [1.82, 2.24) is 0 Å². The topological polar surface area (TPSA) is 0 Å². The summed E-state index contributed by atoms with van der Waals surface area (Å²) < 4.78 is 0. The van der Waals surface area contributed by atoms with Crippen molar-refractivity contribution >= 4 is 0 Å². The van der Waals surface area contributed by atoms with Crippen LogP contribution in [0.5, 0.6) is 0 Å². The molecule has 0 saturated heterocycles. The molecule has 0 heterocycles. The van der Waals surface area contributed by atoms with Gasteiger partial charge >= 0.3 is 0 Å². The molecular weight excluding hydrogens is 156 g/mol. The molecule has 13 heavy (non-hydrogen) atoms. The summed E-state index contributed by atoms with van der Waals surface area (Å²) in [5.41, 5.74) is 0. The minimum atomic E-state index is 1.04. The van der Waals surface area contributed by atoms with Gasteiger partial charge < -0.3 is 0 Å². The molecule has 0 aromatic heterocycles. The third-order valence-electron chi connectivity index (χ3n) is 1.87. The molecule has 0 atom stereocenters. The lowest BCUT2D eigenvalue weighted by molar-refractivity contribution is 1.05. The van der Waals surface area contributed by atoms with E-state index in [-0.39, 0.29) is 0 Å². The summed E-state index contributed by atoms with van der Waals surface area (Å²) in [6.07, 6.45) is 24.0. The monoisotopic (exact) mass is 173 g/mol. The van der Waals surface area contributed by atoms with Crippen molar-refractivity contribution in [2.45, 2.75) is 25.7 Å². The number of hydrogen-bond acceptors (Lipinski definition) is 0. The van der Waals surface area contributed by atoms with Crippen LogP contribution in [0.15, 0.2) is 48.6 Å². The van der Waals surface area contributed by atoms with Crippen LogP contribution in [0, 0.1) is 6.42 Å². The van der Waals surface area contributed by atoms with E-state index in [1.165, 1.54) is 0 Å². The molecule has 0 saturated carbocycles. The Bertz CT molecular complexity index is 216. The molecular formula is C13H17. The van der Waals surface area contributed by atoms with Crippen LogP contribution in [0.3, 0.4) is 0 Å². The smallest absolute Gasteiger partial charge is 0.0133 e. The first kappa shape index (κ1) is 10.0. The first-order chi connectivity index (χ1) is 6.50. The highest BCUT2D eigenvalue weighted by Gasteiger charge is 1.80. The van der Waals surface area contributed by atoms with E-state index in [0.29, 0.717) is 0 Å². The summed E-state index contributed by atoms with van der Waals surface area (Å²) >= 11 is 0. The summed E-state index contributed by atoms with van der Waals surface area (Å²) in [4.78, 5) is 0. The number of rotatable bonds is 0. The highest BCUT2D eigenvalue weighted by atomic mass is 13.9. The zero-order chi connectivity index (χ0) is 9.19. The summed E-state index contributed by atoms with van der Waals surface area (Å²) in [5, 5.41) is 0. The van der Waals surface area contributed by atoms with Gasteiger partial charge in [-0.1, -0.05) is 48.6 Å². The van der Waals surface area contributed by atoms with Crippen molar-refractivity contribution in [3.8, 4) is 0 Å². The van der Waals surface area contributed by atoms with Gasteiger partial charge in [0.15, 0.2) is 0 Å². The Kier molecular flexibility index (Phi) is 5.87. The van der Waals surface area contributed by atoms with Gasteiger partial charge in [-0.2, -0.15) is 0 Å². The Morgan fingerprint density at radius 3 is 2.15 bits per heavy atom. The molecule has 0 unspecified atom stereocenters. The van der Waals surface area contributed by atoms with Gasteiger partial charge in [-0.05, 0) is 32.1 Å². The maximum absolute atomic E-state index is 2.22. The molecule has 0 aromatic rings. The van der Waals surface area contributed by atoms with E-state index < -0.39 is 0 Å².